The van der Waals surface area contributed by atoms with E-state index in [4.69, 9.17) is 0 Å². The molecular weight excluding hydrogens is 248 g/mol. The molecule has 0 bridgehead atoms. The number of aliphatic hydroxyl groups excluding tert-OH is 1. The van der Waals surface area contributed by atoms with Gasteiger partial charge in [-0.1, -0.05) is 26.0 Å². The first-order valence-electron chi connectivity index (χ1n) is 7.64. The average Bonchev–Trinajstić information content (AvgIpc) is 2.47. The van der Waals surface area contributed by atoms with Gasteiger partial charge in [0.25, 0.3) is 0 Å². The molecule has 0 radical (unpaired) electrons. The highest BCUT2D eigenvalue weighted by molar-refractivity contribution is 5.49. The van der Waals surface area contributed by atoms with Crippen LogP contribution in [-0.2, 0) is 5.41 Å². The number of benzene rings is 1. The maximum absolute atomic E-state index is 9.43. The van der Waals surface area contributed by atoms with Gasteiger partial charge in [-0.2, -0.15) is 0 Å². The third-order valence-corrected chi connectivity index (χ3v) is 4.45. The Bertz CT molecular complexity index is 417. The molecule has 3 heteroatoms. The van der Waals surface area contributed by atoms with Crippen LogP contribution in [0.1, 0.15) is 33.3 Å². The molecule has 2 rings (SSSR count). The van der Waals surface area contributed by atoms with E-state index in [0.717, 1.165) is 26.2 Å². The molecule has 1 saturated heterocycles. The highest BCUT2D eigenvalue weighted by Crippen LogP contribution is 2.25. The first-order valence-corrected chi connectivity index (χ1v) is 7.64. The van der Waals surface area contributed by atoms with Crippen LogP contribution in [0.3, 0.4) is 0 Å². The summed E-state index contributed by atoms with van der Waals surface area (Å²) in [5, 5.41) is 9.43. The molecule has 0 atom stereocenters. The molecule has 1 fully saturated rings. The van der Waals surface area contributed by atoms with Crippen LogP contribution >= 0.6 is 0 Å². The summed E-state index contributed by atoms with van der Waals surface area (Å²) in [7, 11) is 0. The zero-order valence-corrected chi connectivity index (χ0v) is 13.3. The van der Waals surface area contributed by atoms with E-state index in [9.17, 15) is 5.11 Å². The number of nitrogens with zero attached hydrogens (tertiary/aromatic N) is 2. The summed E-state index contributed by atoms with van der Waals surface area (Å²) < 4.78 is 0. The number of hydrogen-bond donors (Lipinski definition) is 1. The minimum atomic E-state index is -0.158. The number of hydrogen-bond acceptors (Lipinski definition) is 3. The van der Waals surface area contributed by atoms with Crippen molar-refractivity contribution in [1.29, 1.82) is 0 Å². The van der Waals surface area contributed by atoms with Gasteiger partial charge >= 0.3 is 0 Å². The lowest BCUT2D eigenvalue weighted by molar-refractivity contribution is 0.209. The smallest absolute Gasteiger partial charge is 0.0522 e. The van der Waals surface area contributed by atoms with Crippen molar-refractivity contribution >= 4 is 5.69 Å². The summed E-state index contributed by atoms with van der Waals surface area (Å²) in [6.45, 7) is 13.3. The van der Waals surface area contributed by atoms with Crippen LogP contribution in [0.15, 0.2) is 24.3 Å². The van der Waals surface area contributed by atoms with Gasteiger partial charge in [0.1, 0.15) is 0 Å². The van der Waals surface area contributed by atoms with Gasteiger partial charge < -0.3 is 10.0 Å². The molecule has 1 aromatic carbocycles. The quantitative estimate of drug-likeness (QED) is 0.915. The van der Waals surface area contributed by atoms with Crippen molar-refractivity contribution in [1.82, 2.24) is 4.90 Å². The predicted molar refractivity (Wildman–Crippen MR) is 85.5 cm³/mol. The van der Waals surface area contributed by atoms with Gasteiger partial charge in [0.15, 0.2) is 0 Å². The fraction of sp³-hybridized carbons (Fsp3) is 0.647. The van der Waals surface area contributed by atoms with Gasteiger partial charge in [0.2, 0.25) is 0 Å². The lowest BCUT2D eigenvalue weighted by Gasteiger charge is -2.38. The molecule has 1 heterocycles. The Kier molecular flexibility index (Phi) is 4.71. The summed E-state index contributed by atoms with van der Waals surface area (Å²) in [4.78, 5) is 4.98. The number of aliphatic hydroxyl groups is 1. The molecule has 1 N–H and O–H groups in total. The Morgan fingerprint density at radius 1 is 1.05 bits per heavy atom. The Balaban J connectivity index is 2.01. The van der Waals surface area contributed by atoms with E-state index in [0.29, 0.717) is 6.04 Å². The second-order valence-corrected chi connectivity index (χ2v) is 6.71. The summed E-state index contributed by atoms with van der Waals surface area (Å²) >= 11 is 0. The topological polar surface area (TPSA) is 26.7 Å². The molecule has 0 aliphatic carbocycles. The zero-order valence-electron chi connectivity index (χ0n) is 13.3. The molecule has 0 aromatic heterocycles. The van der Waals surface area contributed by atoms with Gasteiger partial charge in [0, 0.05) is 43.3 Å². The third-order valence-electron chi connectivity index (χ3n) is 4.45. The van der Waals surface area contributed by atoms with Crippen molar-refractivity contribution in [3.8, 4) is 0 Å². The van der Waals surface area contributed by atoms with Crippen LogP contribution in [0, 0.1) is 0 Å². The third kappa shape index (κ3) is 3.33. The largest absolute Gasteiger partial charge is 0.395 e. The van der Waals surface area contributed by atoms with Gasteiger partial charge in [-0.05, 0) is 31.5 Å². The van der Waals surface area contributed by atoms with E-state index in [2.05, 4.69) is 61.8 Å². The Morgan fingerprint density at radius 2 is 1.60 bits per heavy atom. The SMILES string of the molecule is CC(C)N1CCN(c2ccc(C(C)(C)CO)cc2)CC1. The van der Waals surface area contributed by atoms with Crippen molar-refractivity contribution in [3.05, 3.63) is 29.8 Å². The maximum Gasteiger partial charge on any atom is 0.0522 e. The highest BCUT2D eigenvalue weighted by atomic mass is 16.3. The van der Waals surface area contributed by atoms with E-state index < -0.39 is 0 Å². The second-order valence-electron chi connectivity index (χ2n) is 6.71. The Morgan fingerprint density at radius 3 is 2.05 bits per heavy atom. The number of piperazine rings is 1. The number of rotatable bonds is 4. The highest BCUT2D eigenvalue weighted by Gasteiger charge is 2.21. The molecule has 1 aliphatic heterocycles. The van der Waals surface area contributed by atoms with Gasteiger partial charge in [-0.3, -0.25) is 4.90 Å². The van der Waals surface area contributed by atoms with Crippen LogP contribution in [0.25, 0.3) is 0 Å². The standard InChI is InChI=1S/C17H28N2O/c1-14(2)18-9-11-19(12-10-18)16-7-5-15(6-8-16)17(3,4)13-20/h5-8,14,20H,9-13H2,1-4H3. The van der Waals surface area contributed by atoms with Crippen LogP contribution in [0.2, 0.25) is 0 Å². The van der Waals surface area contributed by atoms with Gasteiger partial charge in [-0.25, -0.2) is 0 Å². The molecule has 0 amide bonds. The molecular formula is C17H28N2O. The monoisotopic (exact) mass is 276 g/mol. The first-order chi connectivity index (χ1) is 9.44. The summed E-state index contributed by atoms with van der Waals surface area (Å²) in [5.41, 5.74) is 2.34. The molecule has 1 aliphatic rings. The zero-order chi connectivity index (χ0) is 14.8. The van der Waals surface area contributed by atoms with Crippen LogP contribution in [0.4, 0.5) is 5.69 Å². The normalized spacial score (nSPS) is 17.8. The lowest BCUT2D eigenvalue weighted by Crippen LogP contribution is -2.48. The van der Waals surface area contributed by atoms with E-state index >= 15 is 0 Å². The summed E-state index contributed by atoms with van der Waals surface area (Å²) in [6, 6.07) is 9.33. The van der Waals surface area contributed by atoms with Crippen LogP contribution < -0.4 is 4.90 Å². The lowest BCUT2D eigenvalue weighted by atomic mass is 9.85. The fourth-order valence-corrected chi connectivity index (χ4v) is 2.71. The van der Waals surface area contributed by atoms with E-state index in [1.54, 1.807) is 0 Å². The molecule has 0 spiro atoms. The van der Waals surface area contributed by atoms with Crippen molar-refractivity contribution in [3.63, 3.8) is 0 Å². The Hall–Kier alpha value is -1.06. The predicted octanol–water partition coefficient (Wildman–Crippen LogP) is 2.49. The van der Waals surface area contributed by atoms with Gasteiger partial charge in [0.05, 0.1) is 6.61 Å². The van der Waals surface area contributed by atoms with Crippen molar-refractivity contribution in [2.45, 2.75) is 39.2 Å². The molecule has 3 nitrogen and oxygen atoms in total. The maximum atomic E-state index is 9.43. The van der Waals surface area contributed by atoms with Crippen molar-refractivity contribution < 1.29 is 5.11 Å². The molecule has 20 heavy (non-hydrogen) atoms. The molecule has 0 unspecified atom stereocenters. The minimum absolute atomic E-state index is 0.158. The second kappa shape index (κ2) is 6.15. The molecule has 112 valence electrons. The van der Waals surface area contributed by atoms with Gasteiger partial charge in [-0.15, -0.1) is 0 Å². The molecule has 0 saturated carbocycles. The average molecular weight is 276 g/mol. The van der Waals surface area contributed by atoms with Crippen LogP contribution in [0.5, 0.6) is 0 Å². The summed E-state index contributed by atoms with van der Waals surface area (Å²) in [6.07, 6.45) is 0. The fourth-order valence-electron chi connectivity index (χ4n) is 2.71. The Labute approximate surface area is 123 Å². The van der Waals surface area contributed by atoms with E-state index in [1.807, 2.05) is 0 Å². The minimum Gasteiger partial charge on any atom is -0.395 e. The van der Waals surface area contributed by atoms with Crippen molar-refractivity contribution in [2.75, 3.05) is 37.7 Å². The summed E-state index contributed by atoms with van der Waals surface area (Å²) in [5.74, 6) is 0. The van der Waals surface area contributed by atoms with E-state index in [-0.39, 0.29) is 12.0 Å². The first kappa shape index (κ1) is 15.3. The molecule has 1 aromatic rings. The van der Waals surface area contributed by atoms with Crippen molar-refractivity contribution in [2.24, 2.45) is 0 Å². The van der Waals surface area contributed by atoms with Crippen LogP contribution in [-0.4, -0.2) is 48.8 Å². The number of anilines is 1. The van der Waals surface area contributed by atoms with E-state index in [1.165, 1.54) is 11.3 Å².